The highest BCUT2D eigenvalue weighted by Gasteiger charge is 2.29. The van der Waals surface area contributed by atoms with Gasteiger partial charge in [0.05, 0.1) is 0 Å². The minimum Gasteiger partial charge on any atom is -0.444 e. The fourth-order valence-corrected chi connectivity index (χ4v) is 3.21. The third-order valence-corrected chi connectivity index (χ3v) is 4.79. The summed E-state index contributed by atoms with van der Waals surface area (Å²) in [7, 11) is 0. The monoisotopic (exact) mass is 387 g/mol. The molecule has 1 heterocycles. The minimum atomic E-state index is -0.526. The zero-order valence-electron chi connectivity index (χ0n) is 16.8. The molecular formula is C21H29N3O4. The van der Waals surface area contributed by atoms with Gasteiger partial charge in [-0.25, -0.2) is 4.79 Å². The van der Waals surface area contributed by atoms with Gasteiger partial charge >= 0.3 is 6.09 Å². The maximum absolute atomic E-state index is 12.3. The maximum Gasteiger partial charge on any atom is 0.410 e. The van der Waals surface area contributed by atoms with E-state index in [1.165, 1.54) is 0 Å². The molecule has 3 rings (SSSR count). The van der Waals surface area contributed by atoms with Crippen molar-refractivity contribution < 1.29 is 19.1 Å². The second kappa shape index (κ2) is 8.20. The molecule has 152 valence electrons. The van der Waals surface area contributed by atoms with Crippen molar-refractivity contribution in [3.63, 3.8) is 0 Å². The number of anilines is 1. The van der Waals surface area contributed by atoms with Crippen LogP contribution in [0.15, 0.2) is 18.2 Å². The Bertz CT molecular complexity index is 765. The molecule has 1 aliphatic carbocycles. The Labute approximate surface area is 165 Å². The molecule has 1 aliphatic heterocycles. The third kappa shape index (κ3) is 5.47. The summed E-state index contributed by atoms with van der Waals surface area (Å²) in [6.07, 6.45) is 2.48. The van der Waals surface area contributed by atoms with Crippen molar-refractivity contribution in [3.05, 3.63) is 29.3 Å². The molecule has 1 fully saturated rings. The molecule has 2 aliphatic rings. The Kier molecular flexibility index (Phi) is 5.91. The van der Waals surface area contributed by atoms with Gasteiger partial charge in [-0.15, -0.1) is 0 Å². The molecule has 1 saturated carbocycles. The van der Waals surface area contributed by atoms with Gasteiger partial charge in [0.25, 0.3) is 0 Å². The molecule has 1 aromatic carbocycles. The summed E-state index contributed by atoms with van der Waals surface area (Å²) in [5, 5.41) is 5.75. The molecular weight excluding hydrogens is 358 g/mol. The lowest BCUT2D eigenvalue weighted by atomic mass is 9.98. The summed E-state index contributed by atoms with van der Waals surface area (Å²) in [5.41, 5.74) is 2.32. The van der Waals surface area contributed by atoms with E-state index in [1.807, 2.05) is 39.0 Å². The summed E-state index contributed by atoms with van der Waals surface area (Å²) in [6.45, 7) is 6.91. The number of carbonyl (C=O) groups is 3. The number of nitrogens with one attached hydrogen (secondary N) is 2. The minimum absolute atomic E-state index is 0.0483. The van der Waals surface area contributed by atoms with Crippen molar-refractivity contribution in [2.75, 3.05) is 18.4 Å². The van der Waals surface area contributed by atoms with Crippen molar-refractivity contribution in [3.8, 4) is 0 Å². The van der Waals surface area contributed by atoms with Gasteiger partial charge < -0.3 is 20.3 Å². The van der Waals surface area contributed by atoms with Crippen LogP contribution in [0.1, 0.15) is 51.2 Å². The van der Waals surface area contributed by atoms with Crippen LogP contribution in [0.3, 0.4) is 0 Å². The molecule has 7 nitrogen and oxygen atoms in total. The van der Waals surface area contributed by atoms with Crippen molar-refractivity contribution in [1.29, 1.82) is 0 Å². The first-order valence-corrected chi connectivity index (χ1v) is 9.89. The van der Waals surface area contributed by atoms with Crippen LogP contribution in [0.4, 0.5) is 10.5 Å². The normalized spacial score (nSPS) is 16.2. The van der Waals surface area contributed by atoms with E-state index in [9.17, 15) is 14.4 Å². The standard InChI is InChI=1S/C21H29N3O4/c1-21(2,3)28-20(27)24-12-10-16-15(13-24)5-4-6-17(16)23-18(25)9-11-22-19(26)14-7-8-14/h4-6,14H,7-13H2,1-3H3,(H,22,26)(H,23,25). The summed E-state index contributed by atoms with van der Waals surface area (Å²) >= 11 is 0. The molecule has 0 aromatic heterocycles. The molecule has 1 aromatic rings. The van der Waals surface area contributed by atoms with Gasteiger partial charge in [0.2, 0.25) is 11.8 Å². The second-order valence-electron chi connectivity index (χ2n) is 8.46. The Morgan fingerprint density at radius 1 is 1.21 bits per heavy atom. The summed E-state index contributed by atoms with van der Waals surface area (Å²) in [4.78, 5) is 37.9. The van der Waals surface area contributed by atoms with Crippen LogP contribution < -0.4 is 10.6 Å². The first kappa shape index (κ1) is 20.2. The molecule has 0 unspecified atom stereocenters. The number of rotatable bonds is 5. The highest BCUT2D eigenvalue weighted by Crippen LogP contribution is 2.29. The van der Waals surface area contributed by atoms with Crippen LogP contribution >= 0.6 is 0 Å². The largest absolute Gasteiger partial charge is 0.444 e. The first-order valence-electron chi connectivity index (χ1n) is 9.89. The second-order valence-corrected chi connectivity index (χ2v) is 8.46. The van der Waals surface area contributed by atoms with E-state index in [1.54, 1.807) is 4.90 Å². The summed E-state index contributed by atoms with van der Waals surface area (Å²) in [6, 6.07) is 5.72. The molecule has 0 bridgehead atoms. The Hall–Kier alpha value is -2.57. The van der Waals surface area contributed by atoms with E-state index >= 15 is 0 Å². The van der Waals surface area contributed by atoms with Gasteiger partial charge in [-0.05, 0) is 57.2 Å². The van der Waals surface area contributed by atoms with Gasteiger partial charge in [-0.1, -0.05) is 12.1 Å². The van der Waals surface area contributed by atoms with Gasteiger partial charge in [0.1, 0.15) is 5.60 Å². The number of hydrogen-bond acceptors (Lipinski definition) is 4. The van der Waals surface area contributed by atoms with Gasteiger partial charge in [0.15, 0.2) is 0 Å². The average molecular weight is 387 g/mol. The lowest BCUT2D eigenvalue weighted by molar-refractivity contribution is -0.122. The molecule has 2 N–H and O–H groups in total. The van der Waals surface area contributed by atoms with Crippen LogP contribution in [-0.4, -0.2) is 41.5 Å². The lowest BCUT2D eigenvalue weighted by Gasteiger charge is -2.32. The Morgan fingerprint density at radius 3 is 2.64 bits per heavy atom. The van der Waals surface area contributed by atoms with Crippen molar-refractivity contribution in [2.45, 2.75) is 58.6 Å². The van der Waals surface area contributed by atoms with Crippen LogP contribution in [-0.2, 0) is 27.3 Å². The fourth-order valence-electron chi connectivity index (χ4n) is 3.21. The number of benzene rings is 1. The molecule has 3 amide bonds. The Morgan fingerprint density at radius 2 is 1.96 bits per heavy atom. The molecule has 0 saturated heterocycles. The van der Waals surface area contributed by atoms with E-state index < -0.39 is 5.60 Å². The van der Waals surface area contributed by atoms with Crippen LogP contribution in [0.2, 0.25) is 0 Å². The third-order valence-electron chi connectivity index (χ3n) is 4.79. The number of fused-ring (bicyclic) bond motifs is 1. The lowest BCUT2D eigenvalue weighted by Crippen LogP contribution is -2.40. The molecule has 28 heavy (non-hydrogen) atoms. The number of ether oxygens (including phenoxy) is 1. The van der Waals surface area contributed by atoms with Crippen LogP contribution in [0.5, 0.6) is 0 Å². The van der Waals surface area contributed by atoms with E-state index in [0.29, 0.717) is 26.1 Å². The summed E-state index contributed by atoms with van der Waals surface area (Å²) < 4.78 is 5.45. The molecule has 7 heteroatoms. The smallest absolute Gasteiger partial charge is 0.410 e. The van der Waals surface area contributed by atoms with Crippen LogP contribution in [0, 0.1) is 5.92 Å². The van der Waals surface area contributed by atoms with Gasteiger partial charge in [-0.2, -0.15) is 0 Å². The number of hydrogen-bond donors (Lipinski definition) is 2. The quantitative estimate of drug-likeness (QED) is 0.813. The Balaban J connectivity index is 1.55. The zero-order chi connectivity index (χ0) is 20.3. The van der Waals surface area contributed by atoms with E-state index in [-0.39, 0.29) is 30.2 Å². The number of carbonyl (C=O) groups excluding carboxylic acids is 3. The van der Waals surface area contributed by atoms with Crippen molar-refractivity contribution >= 4 is 23.6 Å². The number of amides is 3. The fraction of sp³-hybridized carbons (Fsp3) is 0.571. The first-order chi connectivity index (χ1) is 13.2. The summed E-state index contributed by atoms with van der Waals surface area (Å²) in [5.74, 6) is 0.0725. The molecule has 0 spiro atoms. The van der Waals surface area contributed by atoms with Gasteiger partial charge in [0, 0.05) is 37.7 Å². The SMILES string of the molecule is CC(C)(C)OC(=O)N1CCc2c(cccc2NC(=O)CCNC(=O)C2CC2)C1. The van der Waals surface area contributed by atoms with E-state index in [4.69, 9.17) is 4.74 Å². The zero-order valence-corrected chi connectivity index (χ0v) is 16.8. The van der Waals surface area contributed by atoms with E-state index in [0.717, 1.165) is 29.7 Å². The molecule has 0 atom stereocenters. The topological polar surface area (TPSA) is 87.7 Å². The predicted octanol–water partition coefficient (Wildman–Crippen LogP) is 2.83. The predicted molar refractivity (Wildman–Crippen MR) is 106 cm³/mol. The van der Waals surface area contributed by atoms with Crippen molar-refractivity contribution in [1.82, 2.24) is 10.2 Å². The number of nitrogens with zero attached hydrogens (tertiary/aromatic N) is 1. The average Bonchev–Trinajstić information content (AvgIpc) is 3.45. The van der Waals surface area contributed by atoms with Crippen molar-refractivity contribution in [2.24, 2.45) is 5.92 Å². The molecule has 0 radical (unpaired) electrons. The van der Waals surface area contributed by atoms with Crippen LogP contribution in [0.25, 0.3) is 0 Å². The maximum atomic E-state index is 12.3. The highest BCUT2D eigenvalue weighted by atomic mass is 16.6. The highest BCUT2D eigenvalue weighted by molar-refractivity contribution is 5.92. The van der Waals surface area contributed by atoms with Gasteiger partial charge in [-0.3, -0.25) is 9.59 Å². The van der Waals surface area contributed by atoms with E-state index in [2.05, 4.69) is 10.6 Å².